The predicted octanol–water partition coefficient (Wildman–Crippen LogP) is 1.74. The molecule has 1 amide bonds. The van der Waals surface area contributed by atoms with Gasteiger partial charge in [0, 0.05) is 16.7 Å². The number of nitrogens with one attached hydrogen (secondary N) is 1. The summed E-state index contributed by atoms with van der Waals surface area (Å²) < 4.78 is 0.548. The van der Waals surface area contributed by atoms with Crippen LogP contribution in [0, 0.1) is 5.21 Å². The lowest BCUT2D eigenvalue weighted by Gasteiger charge is -2.00. The molecule has 0 aliphatic heterocycles. The molecule has 0 atom stereocenters. The molecule has 2 aromatic rings. The molecular weight excluding hydrogens is 266 g/mol. The van der Waals surface area contributed by atoms with Crippen LogP contribution in [0.25, 0.3) is 0 Å². The Balaban J connectivity index is 2.03. The maximum absolute atomic E-state index is 11.7. The monoisotopic (exact) mass is 275 g/mol. The van der Waals surface area contributed by atoms with Gasteiger partial charge in [-0.1, -0.05) is 29.8 Å². The molecule has 1 aromatic carbocycles. The maximum atomic E-state index is 11.7. The molecule has 0 radical (unpaired) electrons. The molecule has 0 saturated heterocycles. The largest absolute Gasteiger partial charge is 0.619 e. The fourth-order valence-corrected chi connectivity index (χ4v) is 1.58. The second-order valence-corrected chi connectivity index (χ2v) is 4.08. The molecule has 1 aromatic heterocycles. The van der Waals surface area contributed by atoms with Gasteiger partial charge in [0.05, 0.1) is 6.21 Å². The van der Waals surface area contributed by atoms with E-state index in [2.05, 4.69) is 10.5 Å². The van der Waals surface area contributed by atoms with Crippen molar-refractivity contribution >= 4 is 23.7 Å². The molecule has 1 heterocycles. The molecule has 0 spiro atoms. The minimum absolute atomic E-state index is 0.230. The summed E-state index contributed by atoms with van der Waals surface area (Å²) in [5.74, 6) is -0.464. The number of rotatable bonds is 3. The molecular formula is C13H10ClN3O2. The van der Waals surface area contributed by atoms with E-state index < -0.39 is 5.91 Å². The second kappa shape index (κ2) is 5.97. The first-order valence-corrected chi connectivity index (χ1v) is 5.81. The molecule has 0 bridgehead atoms. The minimum atomic E-state index is -0.464. The van der Waals surface area contributed by atoms with Gasteiger partial charge in [0.1, 0.15) is 5.56 Å². The lowest BCUT2D eigenvalue weighted by atomic mass is 10.2. The number of aromatic nitrogens is 1. The summed E-state index contributed by atoms with van der Waals surface area (Å²) in [6, 6.07) is 10.1. The first-order chi connectivity index (χ1) is 9.16. The molecule has 1 N–H and O–H groups in total. The van der Waals surface area contributed by atoms with Crippen molar-refractivity contribution in [3.63, 3.8) is 0 Å². The lowest BCUT2D eigenvalue weighted by molar-refractivity contribution is -0.605. The van der Waals surface area contributed by atoms with E-state index in [1.54, 1.807) is 18.2 Å². The third-order valence-electron chi connectivity index (χ3n) is 2.31. The standard InChI is InChI=1S/C13H10ClN3O2/c14-12-6-2-1-4-10(12)8-15-16-13(18)11-5-3-7-17(19)9-11/h1-9H,(H,16,18)/b15-8+. The van der Waals surface area contributed by atoms with Crippen molar-refractivity contribution in [2.45, 2.75) is 0 Å². The molecule has 5 nitrogen and oxygen atoms in total. The van der Waals surface area contributed by atoms with Crippen LogP contribution in [0.5, 0.6) is 0 Å². The number of hydrogen-bond donors (Lipinski definition) is 1. The van der Waals surface area contributed by atoms with Crippen LogP contribution in [-0.2, 0) is 0 Å². The van der Waals surface area contributed by atoms with E-state index in [1.807, 2.05) is 6.07 Å². The summed E-state index contributed by atoms with van der Waals surface area (Å²) in [6.45, 7) is 0. The smallest absolute Gasteiger partial charge is 0.277 e. The Morgan fingerprint density at radius 2 is 2.11 bits per heavy atom. The van der Waals surface area contributed by atoms with E-state index in [4.69, 9.17) is 11.6 Å². The fourth-order valence-electron chi connectivity index (χ4n) is 1.39. The van der Waals surface area contributed by atoms with Crippen molar-refractivity contribution in [3.05, 3.63) is 70.1 Å². The van der Waals surface area contributed by atoms with Crippen molar-refractivity contribution in [1.29, 1.82) is 0 Å². The molecule has 0 saturated carbocycles. The van der Waals surface area contributed by atoms with Gasteiger partial charge in [0.25, 0.3) is 5.91 Å². The highest BCUT2D eigenvalue weighted by molar-refractivity contribution is 6.33. The minimum Gasteiger partial charge on any atom is -0.619 e. The van der Waals surface area contributed by atoms with Crippen molar-refractivity contribution in [3.8, 4) is 0 Å². The number of hydrazone groups is 1. The number of hydrogen-bond acceptors (Lipinski definition) is 3. The van der Waals surface area contributed by atoms with Crippen molar-refractivity contribution in [2.24, 2.45) is 5.10 Å². The van der Waals surface area contributed by atoms with Gasteiger partial charge < -0.3 is 5.21 Å². The average Bonchev–Trinajstić information content (AvgIpc) is 2.41. The number of nitrogens with zero attached hydrogens (tertiary/aromatic N) is 2. The number of amides is 1. The summed E-state index contributed by atoms with van der Waals surface area (Å²) >= 11 is 5.93. The Morgan fingerprint density at radius 3 is 2.84 bits per heavy atom. The zero-order valence-corrected chi connectivity index (χ0v) is 10.5. The molecule has 0 aliphatic carbocycles. The summed E-state index contributed by atoms with van der Waals surface area (Å²) in [7, 11) is 0. The molecule has 2 rings (SSSR count). The summed E-state index contributed by atoms with van der Waals surface area (Å²) in [5.41, 5.74) is 3.24. The summed E-state index contributed by atoms with van der Waals surface area (Å²) in [5, 5.41) is 15.3. The third kappa shape index (κ3) is 3.53. The molecule has 6 heteroatoms. The Kier molecular flexibility index (Phi) is 4.10. The Hall–Kier alpha value is -2.40. The van der Waals surface area contributed by atoms with E-state index in [9.17, 15) is 10.0 Å². The SMILES string of the molecule is O=C(N/N=C/c1ccccc1Cl)c1ccc[n+]([O-])c1. The Morgan fingerprint density at radius 1 is 1.32 bits per heavy atom. The van der Waals surface area contributed by atoms with Crippen LogP contribution in [0.15, 0.2) is 53.9 Å². The molecule has 0 unspecified atom stereocenters. The maximum Gasteiger partial charge on any atom is 0.277 e. The first-order valence-electron chi connectivity index (χ1n) is 5.43. The van der Waals surface area contributed by atoms with Crippen LogP contribution in [0.4, 0.5) is 0 Å². The van der Waals surface area contributed by atoms with Crippen molar-refractivity contribution in [2.75, 3.05) is 0 Å². The van der Waals surface area contributed by atoms with Gasteiger partial charge in [-0.05, 0) is 12.1 Å². The summed E-state index contributed by atoms with van der Waals surface area (Å²) in [4.78, 5) is 11.7. The number of pyridine rings is 1. The van der Waals surface area contributed by atoms with Crippen LogP contribution in [0.1, 0.15) is 15.9 Å². The van der Waals surface area contributed by atoms with Crippen molar-refractivity contribution in [1.82, 2.24) is 5.43 Å². The van der Waals surface area contributed by atoms with Crippen LogP contribution >= 0.6 is 11.6 Å². The van der Waals surface area contributed by atoms with Gasteiger partial charge in [0.2, 0.25) is 0 Å². The van der Waals surface area contributed by atoms with E-state index >= 15 is 0 Å². The fraction of sp³-hybridized carbons (Fsp3) is 0. The van der Waals surface area contributed by atoms with Gasteiger partial charge in [-0.15, -0.1) is 0 Å². The third-order valence-corrected chi connectivity index (χ3v) is 2.66. The zero-order valence-electron chi connectivity index (χ0n) is 9.79. The van der Waals surface area contributed by atoms with Gasteiger partial charge in [-0.2, -0.15) is 9.83 Å². The van der Waals surface area contributed by atoms with E-state index in [0.717, 1.165) is 0 Å². The zero-order chi connectivity index (χ0) is 13.7. The molecule has 0 fully saturated rings. The average molecular weight is 276 g/mol. The topological polar surface area (TPSA) is 68.4 Å². The van der Waals surface area contributed by atoms with Gasteiger partial charge in [-0.3, -0.25) is 4.79 Å². The number of carbonyl (C=O) groups is 1. The van der Waals surface area contributed by atoms with E-state index in [-0.39, 0.29) is 5.56 Å². The number of carbonyl (C=O) groups excluding carboxylic acids is 1. The predicted molar refractivity (Wildman–Crippen MR) is 71.9 cm³/mol. The number of halogens is 1. The molecule has 19 heavy (non-hydrogen) atoms. The van der Waals surface area contributed by atoms with Crippen LogP contribution in [0.2, 0.25) is 5.02 Å². The van der Waals surface area contributed by atoms with Crippen LogP contribution < -0.4 is 10.2 Å². The van der Waals surface area contributed by atoms with Gasteiger partial charge in [0.15, 0.2) is 12.4 Å². The van der Waals surface area contributed by atoms with Crippen LogP contribution in [0.3, 0.4) is 0 Å². The lowest BCUT2D eigenvalue weighted by Crippen LogP contribution is -2.28. The number of benzene rings is 1. The Labute approximate surface area is 114 Å². The Bertz CT molecular complexity index is 629. The normalized spacial score (nSPS) is 10.6. The molecule has 96 valence electrons. The quantitative estimate of drug-likeness (QED) is 0.401. The van der Waals surface area contributed by atoms with E-state index in [0.29, 0.717) is 15.3 Å². The highest BCUT2D eigenvalue weighted by atomic mass is 35.5. The highest BCUT2D eigenvalue weighted by Gasteiger charge is 2.06. The van der Waals surface area contributed by atoms with Gasteiger partial charge in [-0.25, -0.2) is 5.43 Å². The highest BCUT2D eigenvalue weighted by Crippen LogP contribution is 2.11. The van der Waals surface area contributed by atoms with Crippen molar-refractivity contribution < 1.29 is 9.52 Å². The van der Waals surface area contributed by atoms with Gasteiger partial charge >= 0.3 is 0 Å². The van der Waals surface area contributed by atoms with Crippen LogP contribution in [-0.4, -0.2) is 12.1 Å². The second-order valence-electron chi connectivity index (χ2n) is 3.67. The van der Waals surface area contributed by atoms with E-state index in [1.165, 1.54) is 30.7 Å². The first kappa shape index (κ1) is 13.0. The summed E-state index contributed by atoms with van der Waals surface area (Å²) in [6.07, 6.45) is 3.90. The molecule has 0 aliphatic rings.